The second-order valence-electron chi connectivity index (χ2n) is 7.10. The number of rotatable bonds is 6. The summed E-state index contributed by atoms with van der Waals surface area (Å²) in [5.74, 6) is -0.128. The van der Waals surface area contributed by atoms with E-state index in [1.165, 1.54) is 0 Å². The lowest BCUT2D eigenvalue weighted by molar-refractivity contribution is -0.384. The number of nitrogens with two attached hydrogens (primary N) is 1. The van der Waals surface area contributed by atoms with Crippen molar-refractivity contribution in [1.29, 1.82) is 0 Å². The van der Waals surface area contributed by atoms with Crippen LogP contribution in [0.15, 0.2) is 29.2 Å². The molecule has 0 aromatic heterocycles. The van der Waals surface area contributed by atoms with Crippen LogP contribution in [0.4, 0.5) is 5.69 Å². The van der Waals surface area contributed by atoms with E-state index in [2.05, 4.69) is 4.72 Å². The van der Waals surface area contributed by atoms with Gasteiger partial charge in [0.1, 0.15) is 0 Å². The van der Waals surface area contributed by atoms with Crippen LogP contribution in [0.2, 0.25) is 0 Å². The van der Waals surface area contributed by atoms with Crippen molar-refractivity contribution in [3.8, 4) is 0 Å². The molecule has 0 spiro atoms. The Balaban J connectivity index is 0.00000364. The van der Waals surface area contributed by atoms with Crippen molar-refractivity contribution < 1.29 is 18.1 Å². The number of halogens is 1. The number of hydrogen-bond acceptors (Lipinski definition) is 6. The smallest absolute Gasteiger partial charge is 0.269 e. The number of non-ortho nitro benzene ring substituents is 1. The number of likely N-dealkylation sites (tertiary alicyclic amines) is 1. The van der Waals surface area contributed by atoms with E-state index >= 15 is 0 Å². The lowest BCUT2D eigenvalue weighted by Crippen LogP contribution is -2.54. The maximum absolute atomic E-state index is 12.3. The molecule has 9 nitrogen and oxygen atoms in total. The van der Waals surface area contributed by atoms with Crippen LogP contribution < -0.4 is 10.5 Å². The molecule has 1 atom stereocenters. The highest BCUT2D eigenvalue weighted by Crippen LogP contribution is 2.27. The van der Waals surface area contributed by atoms with Gasteiger partial charge >= 0.3 is 0 Å². The summed E-state index contributed by atoms with van der Waals surface area (Å²) < 4.78 is 26.7. The number of sulfonamides is 1. The van der Waals surface area contributed by atoms with Crippen LogP contribution in [0.3, 0.4) is 0 Å². The molecule has 1 aliphatic heterocycles. The van der Waals surface area contributed by atoms with Gasteiger partial charge < -0.3 is 10.6 Å². The first-order valence-electron chi connectivity index (χ1n) is 8.30. The minimum absolute atomic E-state index is 0. The molecular formula is C16H25ClN4O5S. The highest BCUT2D eigenvalue weighted by Gasteiger charge is 2.35. The Hall–Kier alpha value is -1.75. The van der Waals surface area contributed by atoms with Crippen LogP contribution >= 0.6 is 12.4 Å². The van der Waals surface area contributed by atoms with Gasteiger partial charge in [-0.25, -0.2) is 13.1 Å². The molecule has 0 bridgehead atoms. The molecule has 1 saturated heterocycles. The van der Waals surface area contributed by atoms with E-state index in [1.807, 2.05) is 13.8 Å². The van der Waals surface area contributed by atoms with Gasteiger partial charge in [0.2, 0.25) is 15.9 Å². The minimum atomic E-state index is -3.82. The third-order valence-corrected chi connectivity index (χ3v) is 6.13. The van der Waals surface area contributed by atoms with Crippen molar-refractivity contribution in [3.05, 3.63) is 34.4 Å². The highest BCUT2D eigenvalue weighted by atomic mass is 35.5. The first-order chi connectivity index (χ1) is 12.0. The standard InChI is InChI=1S/C16H24N4O5S.ClH/c1-16(2)11-19(10-8-14(16)17)15(21)7-9-18-26(24,25)13-5-3-12(4-6-13)20(22)23;/h3-6,14,18H,7-11,17H2,1-2H3;1H. The number of nitro groups is 1. The molecular weight excluding hydrogens is 396 g/mol. The Bertz CT molecular complexity index is 783. The molecule has 0 saturated carbocycles. The zero-order chi connectivity index (χ0) is 19.5. The molecule has 1 aromatic rings. The van der Waals surface area contributed by atoms with Gasteiger partial charge in [0.15, 0.2) is 0 Å². The molecule has 27 heavy (non-hydrogen) atoms. The number of nitro benzene ring substituents is 1. The summed E-state index contributed by atoms with van der Waals surface area (Å²) in [6.45, 7) is 5.09. The monoisotopic (exact) mass is 420 g/mol. The van der Waals surface area contributed by atoms with Gasteiger partial charge in [-0.3, -0.25) is 14.9 Å². The van der Waals surface area contributed by atoms with Gasteiger partial charge in [0.25, 0.3) is 5.69 Å². The van der Waals surface area contributed by atoms with Crippen LogP contribution in [0.1, 0.15) is 26.7 Å². The zero-order valence-corrected chi connectivity index (χ0v) is 16.9. The Morgan fingerprint density at radius 3 is 2.48 bits per heavy atom. The lowest BCUT2D eigenvalue weighted by Gasteiger charge is -2.42. The largest absolute Gasteiger partial charge is 0.342 e. The Morgan fingerprint density at radius 1 is 1.37 bits per heavy atom. The van der Waals surface area contributed by atoms with Crippen molar-refractivity contribution in [2.75, 3.05) is 19.6 Å². The third kappa shape index (κ3) is 5.86. The van der Waals surface area contributed by atoms with Crippen molar-refractivity contribution in [2.24, 2.45) is 11.1 Å². The topological polar surface area (TPSA) is 136 Å². The van der Waals surface area contributed by atoms with Crippen LogP contribution in [0, 0.1) is 15.5 Å². The second kappa shape index (κ2) is 8.96. The van der Waals surface area contributed by atoms with E-state index in [4.69, 9.17) is 5.73 Å². The summed E-state index contributed by atoms with van der Waals surface area (Å²) in [6, 6.07) is 4.61. The van der Waals surface area contributed by atoms with Crippen molar-refractivity contribution in [2.45, 2.75) is 37.6 Å². The van der Waals surface area contributed by atoms with Crippen molar-refractivity contribution in [1.82, 2.24) is 9.62 Å². The Morgan fingerprint density at radius 2 is 1.96 bits per heavy atom. The summed E-state index contributed by atoms with van der Waals surface area (Å²) >= 11 is 0. The van der Waals surface area contributed by atoms with Gasteiger partial charge in [0, 0.05) is 44.2 Å². The van der Waals surface area contributed by atoms with E-state index in [-0.39, 0.29) is 53.3 Å². The number of amides is 1. The average Bonchev–Trinajstić information content (AvgIpc) is 2.57. The first-order valence-corrected chi connectivity index (χ1v) is 9.79. The van der Waals surface area contributed by atoms with Crippen LogP contribution in [-0.2, 0) is 14.8 Å². The van der Waals surface area contributed by atoms with E-state index in [0.717, 1.165) is 24.3 Å². The molecule has 0 radical (unpaired) electrons. The number of nitrogens with zero attached hydrogens (tertiary/aromatic N) is 2. The number of carbonyl (C=O) groups excluding carboxylic acids is 1. The molecule has 1 amide bonds. The fraction of sp³-hybridized carbons (Fsp3) is 0.562. The van der Waals surface area contributed by atoms with E-state index in [1.54, 1.807) is 4.90 Å². The summed E-state index contributed by atoms with van der Waals surface area (Å²) in [4.78, 5) is 24.0. The molecule has 1 heterocycles. The number of nitrogens with one attached hydrogen (secondary N) is 1. The van der Waals surface area contributed by atoms with Gasteiger partial charge in [-0.2, -0.15) is 0 Å². The predicted octanol–water partition coefficient (Wildman–Crippen LogP) is 1.27. The maximum atomic E-state index is 12.3. The zero-order valence-electron chi connectivity index (χ0n) is 15.3. The molecule has 11 heteroatoms. The van der Waals surface area contributed by atoms with E-state index in [9.17, 15) is 23.3 Å². The molecule has 1 aliphatic rings. The molecule has 152 valence electrons. The molecule has 1 fully saturated rings. The van der Waals surface area contributed by atoms with Crippen LogP contribution in [0.25, 0.3) is 0 Å². The third-order valence-electron chi connectivity index (χ3n) is 4.65. The molecule has 1 unspecified atom stereocenters. The molecule has 2 rings (SSSR count). The Kier molecular flexibility index (Phi) is 7.73. The predicted molar refractivity (Wildman–Crippen MR) is 103 cm³/mol. The Labute approximate surface area is 164 Å². The van der Waals surface area contributed by atoms with Gasteiger partial charge in [-0.15, -0.1) is 12.4 Å². The number of hydrogen-bond donors (Lipinski definition) is 2. The number of benzene rings is 1. The highest BCUT2D eigenvalue weighted by molar-refractivity contribution is 7.89. The van der Waals surface area contributed by atoms with Crippen molar-refractivity contribution >= 4 is 34.0 Å². The summed E-state index contributed by atoms with van der Waals surface area (Å²) in [5.41, 5.74) is 5.69. The number of carbonyl (C=O) groups is 1. The van der Waals surface area contributed by atoms with Gasteiger partial charge in [-0.1, -0.05) is 13.8 Å². The summed E-state index contributed by atoms with van der Waals surface area (Å²) in [7, 11) is -3.82. The second-order valence-corrected chi connectivity index (χ2v) is 8.86. The van der Waals surface area contributed by atoms with Crippen molar-refractivity contribution in [3.63, 3.8) is 0 Å². The van der Waals surface area contributed by atoms with Gasteiger partial charge in [0.05, 0.1) is 9.82 Å². The molecule has 3 N–H and O–H groups in total. The normalized spacial score (nSPS) is 19.2. The van der Waals surface area contributed by atoms with Gasteiger partial charge in [-0.05, 0) is 24.0 Å². The lowest BCUT2D eigenvalue weighted by atomic mass is 9.79. The maximum Gasteiger partial charge on any atom is 0.269 e. The molecule has 0 aliphatic carbocycles. The minimum Gasteiger partial charge on any atom is -0.342 e. The summed E-state index contributed by atoms with van der Waals surface area (Å²) in [6.07, 6.45) is 0.755. The SMILES string of the molecule is CC1(C)CN(C(=O)CCNS(=O)(=O)c2ccc([N+](=O)[O-])cc2)CCC1N.Cl. The fourth-order valence-electron chi connectivity index (χ4n) is 2.87. The summed E-state index contributed by atoms with van der Waals surface area (Å²) in [5, 5.41) is 10.6. The average molecular weight is 421 g/mol. The number of piperidine rings is 1. The van der Waals surface area contributed by atoms with Crippen LogP contribution in [0.5, 0.6) is 0 Å². The van der Waals surface area contributed by atoms with E-state index in [0.29, 0.717) is 19.5 Å². The fourth-order valence-corrected chi connectivity index (χ4v) is 3.90. The first kappa shape index (κ1) is 23.3. The molecule has 1 aromatic carbocycles. The quantitative estimate of drug-likeness (QED) is 0.525. The van der Waals surface area contributed by atoms with E-state index < -0.39 is 14.9 Å². The van der Waals surface area contributed by atoms with Crippen LogP contribution in [-0.4, -0.2) is 49.8 Å².